The fraction of sp³-hybridized carbons (Fsp3) is 0.400. The SMILES string of the molecule is CC(=O)c1cnc(OCCCC(=O)O)nc1. The largest absolute Gasteiger partial charge is 0.481 e. The number of carbonyl (C=O) groups excluding carboxylic acids is 1. The monoisotopic (exact) mass is 224 g/mol. The van der Waals surface area contributed by atoms with E-state index in [2.05, 4.69) is 9.97 Å². The lowest BCUT2D eigenvalue weighted by molar-refractivity contribution is -0.137. The Hall–Kier alpha value is -1.98. The molecular formula is C10H12N2O4. The van der Waals surface area contributed by atoms with E-state index in [0.29, 0.717) is 12.0 Å². The molecule has 0 atom stereocenters. The highest BCUT2D eigenvalue weighted by Gasteiger charge is 2.03. The van der Waals surface area contributed by atoms with Crippen molar-refractivity contribution >= 4 is 11.8 Å². The summed E-state index contributed by atoms with van der Waals surface area (Å²) in [5.41, 5.74) is 0.415. The smallest absolute Gasteiger partial charge is 0.316 e. The van der Waals surface area contributed by atoms with E-state index in [-0.39, 0.29) is 24.8 Å². The average molecular weight is 224 g/mol. The van der Waals surface area contributed by atoms with Gasteiger partial charge in [-0.3, -0.25) is 9.59 Å². The zero-order valence-electron chi connectivity index (χ0n) is 8.84. The molecule has 6 nitrogen and oxygen atoms in total. The molecular weight excluding hydrogens is 212 g/mol. The number of nitrogens with zero attached hydrogens (tertiary/aromatic N) is 2. The van der Waals surface area contributed by atoms with Crippen LogP contribution in [0.2, 0.25) is 0 Å². The second-order valence-electron chi connectivity index (χ2n) is 3.16. The van der Waals surface area contributed by atoms with Gasteiger partial charge in [0.1, 0.15) is 0 Å². The fourth-order valence-electron chi connectivity index (χ4n) is 0.959. The molecule has 0 saturated carbocycles. The third-order valence-electron chi connectivity index (χ3n) is 1.80. The molecule has 0 aliphatic heterocycles. The Kier molecular flexibility index (Phi) is 4.38. The summed E-state index contributed by atoms with van der Waals surface area (Å²) < 4.78 is 5.09. The van der Waals surface area contributed by atoms with E-state index >= 15 is 0 Å². The van der Waals surface area contributed by atoms with Crippen molar-refractivity contribution in [3.8, 4) is 6.01 Å². The third kappa shape index (κ3) is 4.04. The first kappa shape index (κ1) is 12.1. The normalized spacial score (nSPS) is 9.81. The van der Waals surface area contributed by atoms with Crippen LogP contribution >= 0.6 is 0 Å². The molecule has 0 saturated heterocycles. The molecule has 0 unspecified atom stereocenters. The Balaban J connectivity index is 2.38. The fourth-order valence-corrected chi connectivity index (χ4v) is 0.959. The van der Waals surface area contributed by atoms with E-state index in [1.807, 2.05) is 0 Å². The molecule has 0 radical (unpaired) electrons. The van der Waals surface area contributed by atoms with Crippen LogP contribution in [0.4, 0.5) is 0 Å². The van der Waals surface area contributed by atoms with Gasteiger partial charge in [0.2, 0.25) is 0 Å². The summed E-state index contributed by atoms with van der Waals surface area (Å²) in [7, 11) is 0. The maximum absolute atomic E-state index is 10.9. The first-order chi connectivity index (χ1) is 7.59. The van der Waals surface area contributed by atoms with Crippen LogP contribution in [0.5, 0.6) is 6.01 Å². The van der Waals surface area contributed by atoms with E-state index in [0.717, 1.165) is 0 Å². The Labute approximate surface area is 92.3 Å². The van der Waals surface area contributed by atoms with E-state index in [1.165, 1.54) is 19.3 Å². The molecule has 0 aromatic carbocycles. The van der Waals surface area contributed by atoms with Gasteiger partial charge in [-0.25, -0.2) is 9.97 Å². The molecule has 16 heavy (non-hydrogen) atoms. The van der Waals surface area contributed by atoms with Gasteiger partial charge in [0.25, 0.3) is 0 Å². The average Bonchev–Trinajstić information content (AvgIpc) is 2.25. The highest BCUT2D eigenvalue weighted by molar-refractivity contribution is 5.93. The molecule has 0 aliphatic carbocycles. The molecule has 1 aromatic rings. The third-order valence-corrected chi connectivity index (χ3v) is 1.80. The Morgan fingerprint density at radius 2 is 2.00 bits per heavy atom. The second-order valence-corrected chi connectivity index (χ2v) is 3.16. The first-order valence-corrected chi connectivity index (χ1v) is 4.77. The Morgan fingerprint density at radius 1 is 1.38 bits per heavy atom. The van der Waals surface area contributed by atoms with Crippen molar-refractivity contribution in [1.29, 1.82) is 0 Å². The summed E-state index contributed by atoms with van der Waals surface area (Å²) in [5, 5.41) is 8.38. The van der Waals surface area contributed by atoms with Gasteiger partial charge in [0.15, 0.2) is 5.78 Å². The zero-order valence-corrected chi connectivity index (χ0v) is 8.84. The number of carboxylic acid groups (broad SMARTS) is 1. The lowest BCUT2D eigenvalue weighted by Crippen LogP contribution is -2.05. The summed E-state index contributed by atoms with van der Waals surface area (Å²) in [6.07, 6.45) is 3.20. The van der Waals surface area contributed by atoms with E-state index < -0.39 is 5.97 Å². The summed E-state index contributed by atoms with van der Waals surface area (Å²) in [5.74, 6) is -0.978. The number of ether oxygens (including phenoxy) is 1. The molecule has 86 valence electrons. The predicted molar refractivity (Wildman–Crippen MR) is 54.4 cm³/mol. The van der Waals surface area contributed by atoms with Crippen LogP contribution in [-0.2, 0) is 4.79 Å². The van der Waals surface area contributed by atoms with Crippen LogP contribution in [0.25, 0.3) is 0 Å². The minimum atomic E-state index is -0.864. The first-order valence-electron chi connectivity index (χ1n) is 4.77. The minimum absolute atomic E-state index is 0.0472. The maximum atomic E-state index is 10.9. The lowest BCUT2D eigenvalue weighted by Gasteiger charge is -2.02. The molecule has 0 amide bonds. The summed E-state index contributed by atoms with van der Waals surface area (Å²) in [4.78, 5) is 28.7. The number of hydrogen-bond donors (Lipinski definition) is 1. The van der Waals surface area contributed by atoms with Crippen LogP contribution in [0.15, 0.2) is 12.4 Å². The summed E-state index contributed by atoms with van der Waals surface area (Å²) >= 11 is 0. The molecule has 1 aromatic heterocycles. The molecule has 0 fully saturated rings. The van der Waals surface area contributed by atoms with Gasteiger partial charge in [-0.1, -0.05) is 0 Å². The van der Waals surface area contributed by atoms with E-state index in [9.17, 15) is 9.59 Å². The van der Waals surface area contributed by atoms with Crippen molar-refractivity contribution < 1.29 is 19.4 Å². The molecule has 0 spiro atoms. The van der Waals surface area contributed by atoms with Crippen LogP contribution in [0.3, 0.4) is 0 Å². The van der Waals surface area contributed by atoms with Crippen LogP contribution in [0.1, 0.15) is 30.1 Å². The molecule has 1 heterocycles. The highest BCUT2D eigenvalue weighted by Crippen LogP contribution is 2.04. The molecule has 6 heteroatoms. The molecule has 0 bridgehead atoms. The molecule has 1 N–H and O–H groups in total. The van der Waals surface area contributed by atoms with E-state index in [4.69, 9.17) is 9.84 Å². The number of ketones is 1. The van der Waals surface area contributed by atoms with Gasteiger partial charge >= 0.3 is 12.0 Å². The minimum Gasteiger partial charge on any atom is -0.481 e. The number of Topliss-reactive ketones (excluding diaryl/α,β-unsaturated/α-hetero) is 1. The topological polar surface area (TPSA) is 89.4 Å². The van der Waals surface area contributed by atoms with Crippen LogP contribution in [0, 0.1) is 0 Å². The van der Waals surface area contributed by atoms with Gasteiger partial charge in [-0.05, 0) is 13.3 Å². The maximum Gasteiger partial charge on any atom is 0.316 e. The van der Waals surface area contributed by atoms with Crippen molar-refractivity contribution in [2.45, 2.75) is 19.8 Å². The van der Waals surface area contributed by atoms with E-state index in [1.54, 1.807) is 0 Å². The Bertz CT molecular complexity index is 375. The number of hydrogen-bond acceptors (Lipinski definition) is 5. The van der Waals surface area contributed by atoms with Gasteiger partial charge in [-0.15, -0.1) is 0 Å². The highest BCUT2D eigenvalue weighted by atomic mass is 16.5. The standard InChI is InChI=1S/C10H12N2O4/c1-7(13)8-5-11-10(12-6-8)16-4-2-3-9(14)15/h5-6H,2-4H2,1H3,(H,14,15). The number of rotatable bonds is 6. The van der Waals surface area contributed by atoms with Crippen molar-refractivity contribution in [1.82, 2.24) is 9.97 Å². The van der Waals surface area contributed by atoms with Crippen molar-refractivity contribution in [2.24, 2.45) is 0 Å². The van der Waals surface area contributed by atoms with Crippen molar-refractivity contribution in [3.63, 3.8) is 0 Å². The van der Waals surface area contributed by atoms with Gasteiger partial charge < -0.3 is 9.84 Å². The summed E-state index contributed by atoms with van der Waals surface area (Å²) in [6, 6.07) is 0.149. The number of aliphatic carboxylic acids is 1. The van der Waals surface area contributed by atoms with Crippen LogP contribution in [-0.4, -0.2) is 33.4 Å². The van der Waals surface area contributed by atoms with Gasteiger partial charge in [0, 0.05) is 18.8 Å². The van der Waals surface area contributed by atoms with Crippen molar-refractivity contribution in [3.05, 3.63) is 18.0 Å². The number of carbonyl (C=O) groups is 2. The van der Waals surface area contributed by atoms with Crippen LogP contribution < -0.4 is 4.74 Å². The second kappa shape index (κ2) is 5.79. The number of aromatic nitrogens is 2. The quantitative estimate of drug-likeness (QED) is 0.571. The zero-order chi connectivity index (χ0) is 12.0. The summed E-state index contributed by atoms with van der Waals surface area (Å²) in [6.45, 7) is 1.66. The predicted octanol–water partition coefficient (Wildman–Crippen LogP) is 0.923. The lowest BCUT2D eigenvalue weighted by atomic mass is 10.2. The number of carboxylic acids is 1. The molecule has 1 rings (SSSR count). The molecule has 0 aliphatic rings. The van der Waals surface area contributed by atoms with Gasteiger partial charge in [0.05, 0.1) is 12.2 Å². The Morgan fingerprint density at radius 3 is 2.50 bits per heavy atom. The van der Waals surface area contributed by atoms with Crippen molar-refractivity contribution in [2.75, 3.05) is 6.61 Å². The van der Waals surface area contributed by atoms with Gasteiger partial charge in [-0.2, -0.15) is 0 Å².